The topological polar surface area (TPSA) is 41.6 Å². The summed E-state index contributed by atoms with van der Waals surface area (Å²) in [5.41, 5.74) is 1.24. The highest BCUT2D eigenvalue weighted by Gasteiger charge is 2.21. The molecular weight excluding hydrogens is 252 g/mol. The molecule has 0 aliphatic carbocycles. The zero-order chi connectivity index (χ0) is 14.4. The van der Waals surface area contributed by atoms with Crippen LogP contribution in [0.1, 0.15) is 31.7 Å². The number of amides is 1. The summed E-state index contributed by atoms with van der Waals surface area (Å²) in [7, 11) is 1.87. The molecule has 4 nitrogen and oxygen atoms in total. The highest BCUT2D eigenvalue weighted by Crippen LogP contribution is 2.14. The van der Waals surface area contributed by atoms with Gasteiger partial charge in [-0.1, -0.05) is 19.1 Å². The van der Waals surface area contributed by atoms with Crippen molar-refractivity contribution in [2.24, 2.45) is 0 Å². The van der Waals surface area contributed by atoms with Crippen molar-refractivity contribution in [3.63, 3.8) is 0 Å². The quantitative estimate of drug-likeness (QED) is 0.866. The van der Waals surface area contributed by atoms with E-state index in [0.717, 1.165) is 38.3 Å². The van der Waals surface area contributed by atoms with Crippen molar-refractivity contribution in [3.05, 3.63) is 29.8 Å². The number of hydrogen-bond acceptors (Lipinski definition) is 3. The number of likely N-dealkylation sites (tertiary alicyclic amines) is 1. The number of benzene rings is 1. The van der Waals surface area contributed by atoms with Gasteiger partial charge in [0.15, 0.2) is 0 Å². The van der Waals surface area contributed by atoms with Crippen LogP contribution in [0, 0.1) is 0 Å². The van der Waals surface area contributed by atoms with Crippen LogP contribution in [0.15, 0.2) is 24.3 Å². The van der Waals surface area contributed by atoms with Gasteiger partial charge in [-0.15, -0.1) is 0 Å². The zero-order valence-electron chi connectivity index (χ0n) is 12.4. The molecule has 1 heterocycles. The van der Waals surface area contributed by atoms with Crippen LogP contribution in [-0.2, 0) is 11.3 Å². The summed E-state index contributed by atoms with van der Waals surface area (Å²) in [5, 5.41) is 3.52. The van der Waals surface area contributed by atoms with Crippen LogP contribution in [-0.4, -0.2) is 37.0 Å². The van der Waals surface area contributed by atoms with Crippen LogP contribution in [0.25, 0.3) is 0 Å². The van der Waals surface area contributed by atoms with Crippen LogP contribution >= 0.6 is 0 Å². The molecule has 2 rings (SSSR count). The Bertz CT molecular complexity index is 431. The minimum atomic E-state index is 0.250. The molecule has 1 saturated heterocycles. The van der Waals surface area contributed by atoms with Gasteiger partial charge < -0.3 is 15.0 Å². The van der Waals surface area contributed by atoms with E-state index in [4.69, 9.17) is 4.74 Å². The van der Waals surface area contributed by atoms with E-state index in [1.165, 1.54) is 5.56 Å². The van der Waals surface area contributed by atoms with Gasteiger partial charge in [-0.2, -0.15) is 0 Å². The first-order chi connectivity index (χ1) is 9.69. The van der Waals surface area contributed by atoms with E-state index in [2.05, 4.69) is 24.4 Å². The van der Waals surface area contributed by atoms with Gasteiger partial charge in [0.2, 0.25) is 5.91 Å². The molecule has 0 spiro atoms. The van der Waals surface area contributed by atoms with Crippen molar-refractivity contribution in [1.82, 2.24) is 10.2 Å². The number of carbonyl (C=O) groups excluding carboxylic acids is 1. The number of piperidine rings is 1. The number of ether oxygens (including phenoxy) is 1. The van der Waals surface area contributed by atoms with Gasteiger partial charge >= 0.3 is 0 Å². The van der Waals surface area contributed by atoms with Gasteiger partial charge in [0, 0.05) is 32.6 Å². The molecular formula is C16H24N2O2. The van der Waals surface area contributed by atoms with E-state index in [1.54, 1.807) is 0 Å². The Hall–Kier alpha value is -1.55. The van der Waals surface area contributed by atoms with Crippen LogP contribution in [0.4, 0.5) is 0 Å². The Morgan fingerprint density at radius 1 is 1.35 bits per heavy atom. The molecule has 0 bridgehead atoms. The average Bonchev–Trinajstić information content (AvgIpc) is 2.47. The normalized spacial score (nSPS) is 19.2. The van der Waals surface area contributed by atoms with Crippen molar-refractivity contribution >= 4 is 5.91 Å². The monoisotopic (exact) mass is 276 g/mol. The summed E-state index contributed by atoms with van der Waals surface area (Å²) in [6.45, 7) is 4.50. The number of likely N-dealkylation sites (N-methyl/N-ethyl adjacent to an activating group) is 1. The SMILES string of the molecule is CCCOc1ccc(CNC2CCC(=O)N(C)C2)cc1. The van der Waals surface area contributed by atoms with Crippen LogP contribution in [0.5, 0.6) is 5.75 Å². The molecule has 0 radical (unpaired) electrons. The van der Waals surface area contributed by atoms with Crippen LogP contribution < -0.4 is 10.1 Å². The smallest absolute Gasteiger partial charge is 0.222 e. The fourth-order valence-electron chi connectivity index (χ4n) is 2.36. The lowest BCUT2D eigenvalue weighted by atomic mass is 10.1. The standard InChI is InChI=1S/C16H24N2O2/c1-3-10-20-15-7-4-13(5-8-15)11-17-14-6-9-16(19)18(2)12-14/h4-5,7-8,14,17H,3,6,9-12H2,1-2H3. The van der Waals surface area contributed by atoms with E-state index in [9.17, 15) is 4.79 Å². The summed E-state index contributed by atoms with van der Waals surface area (Å²) in [6.07, 6.45) is 2.61. The summed E-state index contributed by atoms with van der Waals surface area (Å²) >= 11 is 0. The van der Waals surface area contributed by atoms with E-state index in [-0.39, 0.29) is 5.91 Å². The van der Waals surface area contributed by atoms with E-state index >= 15 is 0 Å². The second kappa shape index (κ2) is 7.29. The fourth-order valence-corrected chi connectivity index (χ4v) is 2.36. The third-order valence-corrected chi connectivity index (χ3v) is 3.62. The van der Waals surface area contributed by atoms with Crippen molar-refractivity contribution in [2.75, 3.05) is 20.2 Å². The minimum Gasteiger partial charge on any atom is -0.494 e. The number of carbonyl (C=O) groups is 1. The van der Waals surface area contributed by atoms with Gasteiger partial charge in [-0.3, -0.25) is 4.79 Å². The summed E-state index contributed by atoms with van der Waals surface area (Å²) < 4.78 is 5.57. The molecule has 1 atom stereocenters. The number of nitrogens with zero attached hydrogens (tertiary/aromatic N) is 1. The zero-order valence-corrected chi connectivity index (χ0v) is 12.4. The third-order valence-electron chi connectivity index (χ3n) is 3.62. The lowest BCUT2D eigenvalue weighted by Crippen LogP contribution is -2.46. The van der Waals surface area contributed by atoms with Crippen molar-refractivity contribution in [3.8, 4) is 5.75 Å². The van der Waals surface area contributed by atoms with Crippen LogP contribution in [0.3, 0.4) is 0 Å². The fraction of sp³-hybridized carbons (Fsp3) is 0.562. The lowest BCUT2D eigenvalue weighted by Gasteiger charge is -2.30. The van der Waals surface area contributed by atoms with Gasteiger partial charge in [-0.05, 0) is 30.5 Å². The Morgan fingerprint density at radius 3 is 2.75 bits per heavy atom. The molecule has 1 aromatic carbocycles. The molecule has 20 heavy (non-hydrogen) atoms. The number of rotatable bonds is 6. The second-order valence-corrected chi connectivity index (χ2v) is 5.38. The predicted molar refractivity (Wildman–Crippen MR) is 79.7 cm³/mol. The molecule has 1 amide bonds. The molecule has 0 aromatic heterocycles. The summed E-state index contributed by atoms with van der Waals surface area (Å²) in [6, 6.07) is 8.62. The average molecular weight is 276 g/mol. The molecule has 1 aromatic rings. The number of hydrogen-bond donors (Lipinski definition) is 1. The molecule has 1 aliphatic heterocycles. The van der Waals surface area contributed by atoms with Crippen molar-refractivity contribution in [2.45, 2.75) is 38.8 Å². The summed E-state index contributed by atoms with van der Waals surface area (Å²) in [4.78, 5) is 13.2. The van der Waals surface area contributed by atoms with E-state index < -0.39 is 0 Å². The maximum Gasteiger partial charge on any atom is 0.222 e. The molecule has 0 saturated carbocycles. The van der Waals surface area contributed by atoms with Crippen molar-refractivity contribution < 1.29 is 9.53 Å². The van der Waals surface area contributed by atoms with E-state index in [0.29, 0.717) is 12.5 Å². The van der Waals surface area contributed by atoms with Gasteiger partial charge in [0.25, 0.3) is 0 Å². The van der Waals surface area contributed by atoms with Gasteiger partial charge in [0.05, 0.1) is 6.61 Å². The second-order valence-electron chi connectivity index (χ2n) is 5.38. The first kappa shape index (κ1) is 14.9. The Morgan fingerprint density at radius 2 is 2.10 bits per heavy atom. The molecule has 1 aliphatic rings. The molecule has 1 N–H and O–H groups in total. The Kier molecular flexibility index (Phi) is 5.41. The first-order valence-corrected chi connectivity index (χ1v) is 7.38. The highest BCUT2D eigenvalue weighted by atomic mass is 16.5. The Labute approximate surface area is 121 Å². The largest absolute Gasteiger partial charge is 0.494 e. The highest BCUT2D eigenvalue weighted by molar-refractivity contribution is 5.76. The molecule has 1 fully saturated rings. The van der Waals surface area contributed by atoms with Crippen LogP contribution in [0.2, 0.25) is 0 Å². The number of nitrogens with one attached hydrogen (secondary N) is 1. The summed E-state index contributed by atoms with van der Waals surface area (Å²) in [5.74, 6) is 1.18. The lowest BCUT2D eigenvalue weighted by molar-refractivity contribution is -0.132. The maximum atomic E-state index is 11.4. The Balaban J connectivity index is 1.77. The van der Waals surface area contributed by atoms with E-state index in [1.807, 2.05) is 24.1 Å². The predicted octanol–water partition coefficient (Wildman–Crippen LogP) is 2.19. The maximum absolute atomic E-state index is 11.4. The minimum absolute atomic E-state index is 0.250. The molecule has 110 valence electrons. The van der Waals surface area contributed by atoms with Gasteiger partial charge in [0.1, 0.15) is 5.75 Å². The molecule has 1 unspecified atom stereocenters. The first-order valence-electron chi connectivity index (χ1n) is 7.38. The van der Waals surface area contributed by atoms with Gasteiger partial charge in [-0.25, -0.2) is 0 Å². The third kappa shape index (κ3) is 4.23. The molecule has 4 heteroatoms. The van der Waals surface area contributed by atoms with Crippen molar-refractivity contribution in [1.29, 1.82) is 0 Å².